The molecule has 0 aromatic heterocycles. The minimum absolute atomic E-state index is 0.491. The monoisotopic (exact) mass is 355 g/mol. The topological polar surface area (TPSA) is 82.0 Å². The van der Waals surface area contributed by atoms with E-state index in [2.05, 4.69) is 26.0 Å². The molecule has 0 radical (unpaired) electrons. The highest BCUT2D eigenvalue weighted by molar-refractivity contribution is 9.10. The van der Waals surface area contributed by atoms with Crippen LogP contribution in [0.5, 0.6) is 0 Å². The molecule has 1 unspecified atom stereocenters. The number of hydrogen-bond acceptors (Lipinski definition) is 3. The zero-order valence-corrected chi connectivity index (χ0v) is 13.7. The van der Waals surface area contributed by atoms with Gasteiger partial charge in [-0.2, -0.15) is 5.26 Å². The van der Waals surface area contributed by atoms with Crippen LogP contribution in [-0.4, -0.2) is 14.9 Å². The van der Waals surface area contributed by atoms with Crippen molar-refractivity contribution in [1.29, 1.82) is 5.26 Å². The van der Waals surface area contributed by atoms with Crippen LogP contribution in [0, 0.1) is 11.3 Å². The van der Waals surface area contributed by atoms with Crippen molar-refractivity contribution in [3.05, 3.63) is 28.2 Å². The highest BCUT2D eigenvalue weighted by atomic mass is 79.9. The van der Waals surface area contributed by atoms with Crippen molar-refractivity contribution in [2.24, 2.45) is 0 Å². The molecule has 20 heavy (non-hydrogen) atoms. The number of anilines is 1. The van der Waals surface area contributed by atoms with Crippen molar-refractivity contribution in [1.82, 2.24) is 4.72 Å². The summed E-state index contributed by atoms with van der Waals surface area (Å²) in [5, 5.41) is 12.1. The van der Waals surface area contributed by atoms with Gasteiger partial charge in [-0.3, -0.25) is 4.79 Å². The van der Waals surface area contributed by atoms with Crippen molar-refractivity contribution in [3.63, 3.8) is 0 Å². The smallest absolute Gasteiger partial charge is 0.265 e. The first-order valence-electron chi connectivity index (χ1n) is 5.93. The second-order valence-corrected chi connectivity index (χ2v) is 8.37. The maximum absolute atomic E-state index is 12.3. The molecule has 2 atom stereocenters. The molecular formula is C13H14BrN3O2S. The van der Waals surface area contributed by atoms with Crippen LogP contribution in [0.15, 0.2) is 22.7 Å². The van der Waals surface area contributed by atoms with Gasteiger partial charge in [0.05, 0.1) is 15.7 Å². The molecule has 0 spiro atoms. The Morgan fingerprint density at radius 3 is 2.65 bits per heavy atom. The van der Waals surface area contributed by atoms with Crippen LogP contribution < -0.4 is 10.0 Å². The standard InChI is InChI=1S/C13H14BrN3O2S/c1-12(2,3)20(19)17-13(7-15)9-5-4-8(14)6-10(9)16-11(13)18/h4-6,17H,1-3H3,(H,16,18)/t13-,20?/m1/s1. The fourth-order valence-corrected chi connectivity index (χ4v) is 3.01. The Balaban J connectivity index is 2.50. The third-order valence-corrected chi connectivity index (χ3v) is 5.04. The first kappa shape index (κ1) is 15.2. The average molecular weight is 356 g/mol. The van der Waals surface area contributed by atoms with E-state index in [1.165, 1.54) is 0 Å². The van der Waals surface area contributed by atoms with Crippen molar-refractivity contribution in [2.75, 3.05) is 5.32 Å². The van der Waals surface area contributed by atoms with Crippen LogP contribution >= 0.6 is 15.9 Å². The third-order valence-electron chi connectivity index (χ3n) is 2.94. The molecule has 1 aromatic carbocycles. The van der Waals surface area contributed by atoms with E-state index in [1.54, 1.807) is 39.0 Å². The molecule has 1 amide bonds. The van der Waals surface area contributed by atoms with E-state index in [9.17, 15) is 14.3 Å². The maximum atomic E-state index is 12.3. The number of benzene rings is 1. The van der Waals surface area contributed by atoms with Crippen molar-refractivity contribution >= 4 is 38.5 Å². The van der Waals surface area contributed by atoms with Crippen molar-refractivity contribution < 1.29 is 9.00 Å². The number of carbonyl (C=O) groups excluding carboxylic acids is 1. The predicted octanol–water partition coefficient (Wildman–Crippen LogP) is 2.17. The van der Waals surface area contributed by atoms with Crippen LogP contribution in [-0.2, 0) is 21.3 Å². The van der Waals surface area contributed by atoms with Gasteiger partial charge in [-0.05, 0) is 32.9 Å². The highest BCUT2D eigenvalue weighted by Gasteiger charge is 2.49. The van der Waals surface area contributed by atoms with Crippen LogP contribution in [0.4, 0.5) is 5.69 Å². The van der Waals surface area contributed by atoms with Crippen LogP contribution in [0.3, 0.4) is 0 Å². The summed E-state index contributed by atoms with van der Waals surface area (Å²) in [6.45, 7) is 5.32. The van der Waals surface area contributed by atoms with Gasteiger partial charge < -0.3 is 5.32 Å². The van der Waals surface area contributed by atoms with E-state index in [4.69, 9.17) is 0 Å². The van der Waals surface area contributed by atoms with Gasteiger partial charge in [0.2, 0.25) is 5.54 Å². The van der Waals surface area contributed by atoms with Crippen LogP contribution in [0.2, 0.25) is 0 Å². The molecule has 106 valence electrons. The summed E-state index contributed by atoms with van der Waals surface area (Å²) in [5.74, 6) is -0.509. The molecule has 1 heterocycles. The van der Waals surface area contributed by atoms with Gasteiger partial charge in [0.15, 0.2) is 0 Å². The largest absolute Gasteiger partial charge is 0.323 e. The SMILES string of the molecule is CC(C)(C)S(=O)N[C@@]1(C#N)C(=O)Nc2cc(Br)ccc21. The summed E-state index contributed by atoms with van der Waals surface area (Å²) in [6.07, 6.45) is 0. The van der Waals surface area contributed by atoms with E-state index in [-0.39, 0.29) is 0 Å². The van der Waals surface area contributed by atoms with Crippen molar-refractivity contribution in [3.8, 4) is 6.07 Å². The van der Waals surface area contributed by atoms with E-state index in [0.717, 1.165) is 4.47 Å². The molecule has 0 saturated heterocycles. The van der Waals surface area contributed by atoms with Gasteiger partial charge in [-0.15, -0.1) is 0 Å². The predicted molar refractivity (Wildman–Crippen MR) is 81.1 cm³/mol. The lowest BCUT2D eigenvalue weighted by Gasteiger charge is -2.26. The first-order chi connectivity index (χ1) is 9.20. The fourth-order valence-electron chi connectivity index (χ4n) is 1.81. The van der Waals surface area contributed by atoms with E-state index in [1.807, 2.05) is 6.07 Å². The Morgan fingerprint density at radius 2 is 2.10 bits per heavy atom. The summed E-state index contributed by atoms with van der Waals surface area (Å²) in [4.78, 5) is 12.2. The summed E-state index contributed by atoms with van der Waals surface area (Å²) in [6, 6.07) is 7.11. The first-order valence-corrected chi connectivity index (χ1v) is 7.87. The van der Waals surface area contributed by atoms with Gasteiger partial charge in [-0.1, -0.05) is 22.0 Å². The Hall–Kier alpha value is -1.23. The van der Waals surface area contributed by atoms with E-state index in [0.29, 0.717) is 11.3 Å². The molecule has 0 bridgehead atoms. The lowest BCUT2D eigenvalue weighted by Crippen LogP contribution is -2.51. The Bertz CT molecular complexity index is 648. The number of fused-ring (bicyclic) bond motifs is 1. The summed E-state index contributed by atoms with van der Waals surface area (Å²) >= 11 is 3.31. The second-order valence-electron chi connectivity index (χ2n) is 5.49. The second kappa shape index (κ2) is 4.95. The molecule has 0 saturated carbocycles. The molecular weight excluding hydrogens is 342 g/mol. The lowest BCUT2D eigenvalue weighted by atomic mass is 9.94. The van der Waals surface area contributed by atoms with E-state index >= 15 is 0 Å². The van der Waals surface area contributed by atoms with E-state index < -0.39 is 27.2 Å². The van der Waals surface area contributed by atoms with Gasteiger partial charge >= 0.3 is 0 Å². The Morgan fingerprint density at radius 1 is 1.45 bits per heavy atom. The number of nitriles is 1. The van der Waals surface area contributed by atoms with Crippen molar-refractivity contribution in [2.45, 2.75) is 31.1 Å². The van der Waals surface area contributed by atoms with Gasteiger partial charge in [0.25, 0.3) is 5.91 Å². The number of nitrogens with zero attached hydrogens (tertiary/aromatic N) is 1. The molecule has 2 rings (SSSR count). The number of carbonyl (C=O) groups is 1. The normalized spacial score (nSPS) is 22.9. The van der Waals surface area contributed by atoms with Gasteiger partial charge in [-0.25, -0.2) is 8.93 Å². The minimum atomic E-state index is -1.62. The Kier molecular flexibility index (Phi) is 3.75. The summed E-state index contributed by atoms with van der Waals surface area (Å²) < 4.78 is 15.2. The van der Waals surface area contributed by atoms with Crippen LogP contribution in [0.1, 0.15) is 26.3 Å². The summed E-state index contributed by atoms with van der Waals surface area (Å²) in [5.41, 5.74) is -0.580. The number of nitrogens with one attached hydrogen (secondary N) is 2. The maximum Gasteiger partial charge on any atom is 0.265 e. The van der Waals surface area contributed by atoms with Gasteiger partial charge in [0, 0.05) is 15.7 Å². The number of amides is 1. The third kappa shape index (κ3) is 2.39. The zero-order valence-electron chi connectivity index (χ0n) is 11.3. The minimum Gasteiger partial charge on any atom is -0.323 e. The Labute approximate surface area is 128 Å². The number of halogens is 1. The average Bonchev–Trinajstić information content (AvgIpc) is 2.60. The quantitative estimate of drug-likeness (QED) is 0.852. The number of rotatable bonds is 2. The molecule has 1 aromatic rings. The molecule has 1 aliphatic heterocycles. The zero-order chi connectivity index (χ0) is 15.1. The fraction of sp³-hybridized carbons (Fsp3) is 0.385. The molecule has 7 heteroatoms. The van der Waals surface area contributed by atoms with Gasteiger partial charge in [0.1, 0.15) is 6.07 Å². The highest BCUT2D eigenvalue weighted by Crippen LogP contribution is 2.38. The molecule has 0 aliphatic carbocycles. The van der Waals surface area contributed by atoms with Crippen LogP contribution in [0.25, 0.3) is 0 Å². The molecule has 5 nitrogen and oxygen atoms in total. The summed E-state index contributed by atoms with van der Waals surface area (Å²) in [7, 11) is -1.54. The molecule has 0 fully saturated rings. The molecule has 1 aliphatic rings. The molecule has 2 N–H and O–H groups in total. The number of hydrogen-bond donors (Lipinski definition) is 2. The lowest BCUT2D eigenvalue weighted by molar-refractivity contribution is -0.119.